The van der Waals surface area contributed by atoms with Crippen LogP contribution in [0.25, 0.3) is 0 Å². The van der Waals surface area contributed by atoms with Gasteiger partial charge in [-0.1, -0.05) is 6.07 Å². The van der Waals surface area contributed by atoms with E-state index in [0.29, 0.717) is 12.8 Å². The van der Waals surface area contributed by atoms with Crippen molar-refractivity contribution in [3.8, 4) is 0 Å². The molecule has 0 aliphatic rings. The number of nitrogens with one attached hydrogen (secondary N) is 1. The Balaban J connectivity index is 2.56. The quantitative estimate of drug-likeness (QED) is 0.772. The van der Waals surface area contributed by atoms with Gasteiger partial charge < -0.3 is 10.4 Å². The second kappa shape index (κ2) is 6.62. The highest BCUT2D eigenvalue weighted by atomic mass is 16.4. The Morgan fingerprint density at radius 2 is 2.29 bits per heavy atom. The molecule has 1 rings (SSSR count). The van der Waals surface area contributed by atoms with E-state index < -0.39 is 5.97 Å². The molecule has 0 aliphatic heterocycles. The minimum Gasteiger partial charge on any atom is -0.481 e. The van der Waals surface area contributed by atoms with Crippen LogP contribution in [0.4, 0.5) is 0 Å². The van der Waals surface area contributed by atoms with Crippen LogP contribution in [0.1, 0.15) is 25.3 Å². The number of aliphatic carboxylic acids is 1. The van der Waals surface area contributed by atoms with Crippen LogP contribution in [-0.4, -0.2) is 28.0 Å². The van der Waals surface area contributed by atoms with E-state index in [1.54, 1.807) is 12.4 Å². The highest BCUT2D eigenvalue weighted by molar-refractivity contribution is 5.73. The summed E-state index contributed by atoms with van der Waals surface area (Å²) in [7, 11) is 0. The normalized spacial score (nSPS) is 11.8. The number of carbonyl (C=O) groups excluding carboxylic acids is 1. The second-order valence-corrected chi connectivity index (χ2v) is 3.90. The lowest BCUT2D eigenvalue weighted by Crippen LogP contribution is -2.35. The van der Waals surface area contributed by atoms with E-state index in [9.17, 15) is 9.59 Å². The molecule has 17 heavy (non-hydrogen) atoms. The fourth-order valence-electron chi connectivity index (χ4n) is 1.61. The first kappa shape index (κ1) is 13.2. The molecule has 1 amide bonds. The first-order chi connectivity index (χ1) is 8.08. The molecule has 1 unspecified atom stereocenters. The molecule has 5 nitrogen and oxygen atoms in total. The van der Waals surface area contributed by atoms with E-state index in [4.69, 9.17) is 5.11 Å². The summed E-state index contributed by atoms with van der Waals surface area (Å²) in [4.78, 5) is 25.5. The number of carboxylic acid groups (broad SMARTS) is 1. The third-order valence-electron chi connectivity index (χ3n) is 2.32. The van der Waals surface area contributed by atoms with Crippen LogP contribution in [0.2, 0.25) is 0 Å². The maximum Gasteiger partial charge on any atom is 0.303 e. The lowest BCUT2D eigenvalue weighted by Gasteiger charge is -2.16. The Morgan fingerprint density at radius 3 is 2.82 bits per heavy atom. The molecule has 0 aliphatic carbocycles. The number of nitrogens with zero attached hydrogens (tertiary/aromatic N) is 1. The van der Waals surface area contributed by atoms with Crippen molar-refractivity contribution in [2.45, 2.75) is 32.2 Å². The third-order valence-corrected chi connectivity index (χ3v) is 2.32. The number of rotatable bonds is 6. The predicted octanol–water partition coefficient (Wildman–Crippen LogP) is 0.994. The van der Waals surface area contributed by atoms with E-state index >= 15 is 0 Å². The smallest absolute Gasteiger partial charge is 0.303 e. The summed E-state index contributed by atoms with van der Waals surface area (Å²) in [5.74, 6) is -1.00. The van der Waals surface area contributed by atoms with Gasteiger partial charge in [0.05, 0.1) is 0 Å². The molecular weight excluding hydrogens is 220 g/mol. The number of hydrogen-bond donors (Lipinski definition) is 2. The predicted molar refractivity (Wildman–Crippen MR) is 62.4 cm³/mol. The summed E-state index contributed by atoms with van der Waals surface area (Å²) in [5.41, 5.74) is 0.983. The van der Waals surface area contributed by atoms with Crippen molar-refractivity contribution in [1.82, 2.24) is 10.3 Å². The van der Waals surface area contributed by atoms with Crippen LogP contribution in [-0.2, 0) is 16.0 Å². The van der Waals surface area contributed by atoms with Crippen LogP contribution in [0.3, 0.4) is 0 Å². The first-order valence-electron chi connectivity index (χ1n) is 5.45. The Kier molecular flexibility index (Phi) is 5.13. The monoisotopic (exact) mass is 236 g/mol. The zero-order chi connectivity index (χ0) is 12.7. The molecule has 0 spiro atoms. The largest absolute Gasteiger partial charge is 0.481 e. The van der Waals surface area contributed by atoms with Gasteiger partial charge in [0.2, 0.25) is 5.91 Å². The van der Waals surface area contributed by atoms with Gasteiger partial charge in [0, 0.05) is 31.8 Å². The highest BCUT2D eigenvalue weighted by Gasteiger charge is 2.12. The number of carboxylic acids is 1. The van der Waals surface area contributed by atoms with Gasteiger partial charge in [0.25, 0.3) is 0 Å². The highest BCUT2D eigenvalue weighted by Crippen LogP contribution is 2.06. The summed E-state index contributed by atoms with van der Waals surface area (Å²) < 4.78 is 0. The molecule has 0 aromatic carbocycles. The average molecular weight is 236 g/mol. The summed E-state index contributed by atoms with van der Waals surface area (Å²) in [6.45, 7) is 1.43. The van der Waals surface area contributed by atoms with Gasteiger partial charge in [-0.05, 0) is 24.5 Å². The van der Waals surface area contributed by atoms with E-state index in [2.05, 4.69) is 10.3 Å². The Labute approximate surface area is 99.9 Å². The molecule has 1 atom stereocenters. The topological polar surface area (TPSA) is 79.3 Å². The van der Waals surface area contributed by atoms with Crippen LogP contribution in [0.5, 0.6) is 0 Å². The molecular formula is C12H16N2O3. The number of hydrogen-bond acceptors (Lipinski definition) is 3. The molecule has 0 bridgehead atoms. The number of pyridine rings is 1. The van der Waals surface area contributed by atoms with Gasteiger partial charge in [-0.25, -0.2) is 0 Å². The van der Waals surface area contributed by atoms with Crippen molar-refractivity contribution in [2.24, 2.45) is 0 Å². The molecule has 92 valence electrons. The van der Waals surface area contributed by atoms with Gasteiger partial charge >= 0.3 is 5.97 Å². The van der Waals surface area contributed by atoms with Crippen LogP contribution in [0.15, 0.2) is 24.5 Å². The molecule has 0 saturated carbocycles. The summed E-state index contributed by atoms with van der Waals surface area (Å²) in [6.07, 6.45) is 4.46. The number of amides is 1. The minimum atomic E-state index is -0.855. The van der Waals surface area contributed by atoms with Gasteiger partial charge in [-0.2, -0.15) is 0 Å². The second-order valence-electron chi connectivity index (χ2n) is 3.90. The van der Waals surface area contributed by atoms with Gasteiger partial charge in [0.15, 0.2) is 0 Å². The summed E-state index contributed by atoms with van der Waals surface area (Å²) >= 11 is 0. The zero-order valence-corrected chi connectivity index (χ0v) is 9.72. The average Bonchev–Trinajstić information content (AvgIpc) is 2.26. The SMILES string of the molecule is CC(=O)NC(CCC(=O)O)Cc1cccnc1. The van der Waals surface area contributed by atoms with Gasteiger partial charge in [-0.3, -0.25) is 14.6 Å². The van der Waals surface area contributed by atoms with Crippen LogP contribution in [0, 0.1) is 0 Å². The number of carbonyl (C=O) groups is 2. The Bertz CT molecular complexity index is 379. The first-order valence-corrected chi connectivity index (χ1v) is 5.45. The molecule has 1 aromatic heterocycles. The van der Waals surface area contributed by atoms with E-state index in [1.165, 1.54) is 6.92 Å². The Morgan fingerprint density at radius 1 is 1.53 bits per heavy atom. The fourth-order valence-corrected chi connectivity index (χ4v) is 1.61. The van der Waals surface area contributed by atoms with Crippen molar-refractivity contribution < 1.29 is 14.7 Å². The molecule has 5 heteroatoms. The molecule has 0 saturated heterocycles. The van der Waals surface area contributed by atoms with Crippen molar-refractivity contribution in [2.75, 3.05) is 0 Å². The van der Waals surface area contributed by atoms with Crippen molar-refractivity contribution in [3.63, 3.8) is 0 Å². The number of aromatic nitrogens is 1. The summed E-state index contributed by atoms with van der Waals surface area (Å²) in [6, 6.07) is 3.56. The van der Waals surface area contributed by atoms with E-state index in [0.717, 1.165) is 5.56 Å². The zero-order valence-electron chi connectivity index (χ0n) is 9.72. The molecule has 1 aromatic rings. The fraction of sp³-hybridized carbons (Fsp3) is 0.417. The van der Waals surface area contributed by atoms with E-state index in [-0.39, 0.29) is 18.4 Å². The van der Waals surface area contributed by atoms with Gasteiger partial charge in [-0.15, -0.1) is 0 Å². The van der Waals surface area contributed by atoms with Crippen molar-refractivity contribution >= 4 is 11.9 Å². The molecule has 2 N–H and O–H groups in total. The lowest BCUT2D eigenvalue weighted by atomic mass is 10.0. The van der Waals surface area contributed by atoms with E-state index in [1.807, 2.05) is 12.1 Å². The maximum absolute atomic E-state index is 11.0. The van der Waals surface area contributed by atoms with Crippen LogP contribution >= 0.6 is 0 Å². The molecule has 0 fully saturated rings. The maximum atomic E-state index is 11.0. The van der Waals surface area contributed by atoms with Crippen molar-refractivity contribution in [1.29, 1.82) is 0 Å². The third kappa shape index (κ3) is 5.65. The van der Waals surface area contributed by atoms with Crippen LogP contribution < -0.4 is 5.32 Å². The lowest BCUT2D eigenvalue weighted by molar-refractivity contribution is -0.137. The Hall–Kier alpha value is -1.91. The van der Waals surface area contributed by atoms with Crippen molar-refractivity contribution in [3.05, 3.63) is 30.1 Å². The minimum absolute atomic E-state index is 0.0468. The standard InChI is InChI=1S/C12H16N2O3/c1-9(15)14-11(4-5-12(16)17)7-10-3-2-6-13-8-10/h2-3,6,8,11H,4-5,7H2,1H3,(H,14,15)(H,16,17). The molecule has 1 heterocycles. The molecule has 0 radical (unpaired) electrons. The van der Waals surface area contributed by atoms with Gasteiger partial charge in [0.1, 0.15) is 0 Å². The summed E-state index contributed by atoms with van der Waals surface area (Å²) in [5, 5.41) is 11.4.